The molecule has 0 saturated heterocycles. The minimum absolute atomic E-state index is 0.105. The van der Waals surface area contributed by atoms with Gasteiger partial charge in [0.1, 0.15) is 12.1 Å². The van der Waals surface area contributed by atoms with E-state index in [2.05, 4.69) is 16.0 Å². The van der Waals surface area contributed by atoms with Gasteiger partial charge in [-0.25, -0.2) is 4.79 Å². The highest BCUT2D eigenvalue weighted by atomic mass is 32.2. The number of carboxylic acids is 1. The number of carbonyl (C=O) groups excluding carboxylic acids is 4. The molecule has 26 heavy (non-hydrogen) atoms. The van der Waals surface area contributed by atoms with E-state index in [1.807, 2.05) is 0 Å². The largest absolute Gasteiger partial charge is 0.480 e. The van der Waals surface area contributed by atoms with Crippen molar-refractivity contribution in [1.82, 2.24) is 16.0 Å². The highest BCUT2D eigenvalue weighted by Gasteiger charge is 2.26. The van der Waals surface area contributed by atoms with E-state index in [9.17, 15) is 24.0 Å². The molecule has 0 aromatic rings. The van der Waals surface area contributed by atoms with E-state index in [0.29, 0.717) is 5.75 Å². The van der Waals surface area contributed by atoms with Gasteiger partial charge in [0.05, 0.1) is 13.1 Å². The number of aliphatic carboxylic acids is 1. The van der Waals surface area contributed by atoms with Crippen molar-refractivity contribution in [3.05, 3.63) is 0 Å². The van der Waals surface area contributed by atoms with E-state index < -0.39 is 48.2 Å². The highest BCUT2D eigenvalue weighted by molar-refractivity contribution is 7.98. The van der Waals surface area contributed by atoms with Crippen molar-refractivity contribution in [2.24, 2.45) is 11.5 Å². The molecule has 2 unspecified atom stereocenters. The number of nitrogens with one attached hydrogen (secondary N) is 3. The molecule has 4 amide bonds. The molecule has 12 heteroatoms. The number of hydrogen-bond donors (Lipinski definition) is 6. The summed E-state index contributed by atoms with van der Waals surface area (Å²) in [5, 5.41) is 16.1. The Hall–Kier alpha value is -2.34. The van der Waals surface area contributed by atoms with Gasteiger partial charge in [-0.2, -0.15) is 11.8 Å². The van der Waals surface area contributed by atoms with Crippen molar-refractivity contribution in [2.45, 2.75) is 31.3 Å². The molecule has 8 N–H and O–H groups in total. The molecular formula is C14H25N5O6S. The molecule has 0 heterocycles. The van der Waals surface area contributed by atoms with Crippen LogP contribution in [0.4, 0.5) is 0 Å². The van der Waals surface area contributed by atoms with Gasteiger partial charge in [-0.05, 0) is 24.9 Å². The lowest BCUT2D eigenvalue weighted by Crippen LogP contribution is -2.53. The molecule has 0 aromatic heterocycles. The summed E-state index contributed by atoms with van der Waals surface area (Å²) in [5.74, 6) is -3.36. The standard InChI is InChI=1S/C14H25N5O6S/c1-26-5-4-9(14(24)25)19-13(23)8(2-3-10(16)20)18-12(22)7-17-11(21)6-15/h8-9H,2-7,15H2,1H3,(H2,16,20)(H,17,21)(H,18,22)(H,19,23)(H,24,25). The normalized spacial score (nSPS) is 12.5. The maximum absolute atomic E-state index is 12.3. The minimum Gasteiger partial charge on any atom is -0.480 e. The van der Waals surface area contributed by atoms with Crippen LogP contribution in [0.25, 0.3) is 0 Å². The van der Waals surface area contributed by atoms with Crippen LogP contribution in [-0.2, 0) is 24.0 Å². The van der Waals surface area contributed by atoms with Gasteiger partial charge in [-0.1, -0.05) is 0 Å². The third-order valence-corrected chi connectivity index (χ3v) is 3.83. The number of carbonyl (C=O) groups is 5. The third-order valence-electron chi connectivity index (χ3n) is 3.19. The molecule has 0 fully saturated rings. The third kappa shape index (κ3) is 10.5. The molecule has 2 atom stereocenters. The van der Waals surface area contributed by atoms with Crippen LogP contribution in [0.2, 0.25) is 0 Å². The molecule has 0 bridgehead atoms. The summed E-state index contributed by atoms with van der Waals surface area (Å²) < 4.78 is 0. The van der Waals surface area contributed by atoms with Gasteiger partial charge in [-0.15, -0.1) is 0 Å². The van der Waals surface area contributed by atoms with Gasteiger partial charge in [-0.3, -0.25) is 19.2 Å². The number of thioether (sulfide) groups is 1. The second-order valence-electron chi connectivity index (χ2n) is 5.29. The molecule has 0 aliphatic heterocycles. The molecule has 0 aliphatic carbocycles. The first-order valence-corrected chi connectivity index (χ1v) is 9.17. The van der Waals surface area contributed by atoms with E-state index in [1.54, 1.807) is 6.26 Å². The number of nitrogens with two attached hydrogens (primary N) is 2. The lowest BCUT2D eigenvalue weighted by atomic mass is 10.1. The predicted molar refractivity (Wildman–Crippen MR) is 95.0 cm³/mol. The van der Waals surface area contributed by atoms with E-state index in [-0.39, 0.29) is 25.8 Å². The molecule has 0 spiro atoms. The maximum Gasteiger partial charge on any atom is 0.326 e. The smallest absolute Gasteiger partial charge is 0.326 e. The first-order chi connectivity index (χ1) is 12.2. The summed E-state index contributed by atoms with van der Waals surface area (Å²) >= 11 is 1.42. The SMILES string of the molecule is CSCCC(NC(=O)C(CCC(N)=O)NC(=O)CNC(=O)CN)C(=O)O. The predicted octanol–water partition coefficient (Wildman–Crippen LogP) is -2.87. The van der Waals surface area contributed by atoms with E-state index in [0.717, 1.165) is 0 Å². The van der Waals surface area contributed by atoms with Crippen LogP contribution in [0.3, 0.4) is 0 Å². The number of hydrogen-bond acceptors (Lipinski definition) is 7. The van der Waals surface area contributed by atoms with Crippen LogP contribution in [-0.4, -0.2) is 71.9 Å². The fraction of sp³-hybridized carbons (Fsp3) is 0.643. The zero-order valence-corrected chi connectivity index (χ0v) is 15.3. The van der Waals surface area contributed by atoms with Gasteiger partial charge in [0, 0.05) is 6.42 Å². The van der Waals surface area contributed by atoms with Crippen LogP contribution in [0.15, 0.2) is 0 Å². The Morgan fingerprint density at radius 1 is 1.04 bits per heavy atom. The van der Waals surface area contributed by atoms with Crippen molar-refractivity contribution >= 4 is 41.4 Å². The number of carboxylic acid groups (broad SMARTS) is 1. The average molecular weight is 391 g/mol. The zero-order valence-electron chi connectivity index (χ0n) is 14.4. The van der Waals surface area contributed by atoms with Gasteiger partial charge in [0.25, 0.3) is 0 Å². The lowest BCUT2D eigenvalue weighted by Gasteiger charge is -2.21. The Labute approximate surface area is 155 Å². The van der Waals surface area contributed by atoms with Crippen molar-refractivity contribution in [2.75, 3.05) is 25.1 Å². The van der Waals surface area contributed by atoms with Crippen molar-refractivity contribution in [1.29, 1.82) is 0 Å². The van der Waals surface area contributed by atoms with Crippen LogP contribution in [0.1, 0.15) is 19.3 Å². The van der Waals surface area contributed by atoms with Crippen molar-refractivity contribution in [3.63, 3.8) is 0 Å². The minimum atomic E-state index is -1.21. The van der Waals surface area contributed by atoms with Crippen LogP contribution >= 0.6 is 11.8 Å². The Morgan fingerprint density at radius 2 is 1.69 bits per heavy atom. The molecule has 0 radical (unpaired) electrons. The summed E-state index contributed by atoms with van der Waals surface area (Å²) in [6.07, 6.45) is 1.71. The molecule has 0 rings (SSSR count). The zero-order chi connectivity index (χ0) is 20.1. The summed E-state index contributed by atoms with van der Waals surface area (Å²) in [5.41, 5.74) is 10.1. The van der Waals surface area contributed by atoms with Gasteiger partial charge >= 0.3 is 5.97 Å². The Balaban J connectivity index is 4.88. The number of rotatable bonds is 13. The van der Waals surface area contributed by atoms with Crippen molar-refractivity contribution < 1.29 is 29.1 Å². The number of amides is 4. The fourth-order valence-corrected chi connectivity index (χ4v) is 2.29. The first-order valence-electron chi connectivity index (χ1n) is 7.77. The first kappa shape index (κ1) is 23.7. The quantitative estimate of drug-likeness (QED) is 0.193. The molecule has 148 valence electrons. The molecule has 0 aromatic carbocycles. The molecule has 0 aliphatic rings. The fourth-order valence-electron chi connectivity index (χ4n) is 1.82. The summed E-state index contributed by atoms with van der Waals surface area (Å²) in [6.45, 7) is -0.709. The Morgan fingerprint density at radius 3 is 2.19 bits per heavy atom. The highest BCUT2D eigenvalue weighted by Crippen LogP contribution is 2.04. The van der Waals surface area contributed by atoms with E-state index in [4.69, 9.17) is 16.6 Å². The van der Waals surface area contributed by atoms with E-state index in [1.165, 1.54) is 11.8 Å². The average Bonchev–Trinajstić information content (AvgIpc) is 2.59. The second kappa shape index (κ2) is 12.9. The molecule has 11 nitrogen and oxygen atoms in total. The van der Waals surface area contributed by atoms with E-state index >= 15 is 0 Å². The summed E-state index contributed by atoms with van der Waals surface area (Å²) in [6, 6.07) is -2.29. The van der Waals surface area contributed by atoms with Gasteiger partial charge in [0.2, 0.25) is 23.6 Å². The molecule has 0 saturated carbocycles. The summed E-state index contributed by atoms with van der Waals surface area (Å²) in [4.78, 5) is 57.4. The van der Waals surface area contributed by atoms with Crippen LogP contribution in [0.5, 0.6) is 0 Å². The summed E-state index contributed by atoms with van der Waals surface area (Å²) in [7, 11) is 0. The monoisotopic (exact) mass is 391 g/mol. The Bertz CT molecular complexity index is 530. The maximum atomic E-state index is 12.3. The van der Waals surface area contributed by atoms with Gasteiger partial charge in [0.15, 0.2) is 0 Å². The lowest BCUT2D eigenvalue weighted by molar-refractivity contribution is -0.142. The van der Waals surface area contributed by atoms with Gasteiger partial charge < -0.3 is 32.5 Å². The molecular weight excluding hydrogens is 366 g/mol. The number of primary amides is 1. The Kier molecular flexibility index (Phi) is 11.8. The topological polar surface area (TPSA) is 194 Å². The van der Waals surface area contributed by atoms with Crippen LogP contribution in [0, 0.1) is 0 Å². The second-order valence-corrected chi connectivity index (χ2v) is 6.27. The van der Waals surface area contributed by atoms with Crippen LogP contribution < -0.4 is 27.4 Å². The van der Waals surface area contributed by atoms with Crippen molar-refractivity contribution in [3.8, 4) is 0 Å².